The Morgan fingerprint density at radius 3 is 2.76 bits per heavy atom. The van der Waals surface area contributed by atoms with Crippen molar-refractivity contribution < 1.29 is 4.42 Å². The fraction of sp³-hybridized carbons (Fsp3) is 0.467. The Balaban J connectivity index is 1.66. The lowest BCUT2D eigenvalue weighted by atomic mass is 10.3. The summed E-state index contributed by atoms with van der Waals surface area (Å²) in [6.45, 7) is 0.739. The van der Waals surface area contributed by atoms with E-state index in [2.05, 4.69) is 15.3 Å². The molecule has 2 aliphatic carbocycles. The van der Waals surface area contributed by atoms with Gasteiger partial charge in [-0.05, 0) is 37.8 Å². The van der Waals surface area contributed by atoms with Crippen molar-refractivity contribution in [3.8, 4) is 0 Å². The predicted octanol–water partition coefficient (Wildman–Crippen LogP) is 2.40. The molecule has 2 aromatic heterocycles. The molecule has 2 saturated carbocycles. The average Bonchev–Trinajstić information content (AvgIpc) is 3.43. The van der Waals surface area contributed by atoms with Crippen molar-refractivity contribution in [3.05, 3.63) is 36.0 Å². The molecule has 2 heterocycles. The minimum absolute atomic E-state index is 0.502. The summed E-state index contributed by atoms with van der Waals surface area (Å²) >= 11 is 0. The number of aromatic nitrogens is 2. The van der Waals surface area contributed by atoms with E-state index in [1.54, 1.807) is 6.26 Å². The van der Waals surface area contributed by atoms with Gasteiger partial charge in [-0.2, -0.15) is 0 Å². The number of nitrogens with one attached hydrogen (secondary N) is 1. The highest BCUT2D eigenvalue weighted by molar-refractivity contribution is 5.51. The first-order valence-corrected chi connectivity index (χ1v) is 7.48. The van der Waals surface area contributed by atoms with Gasteiger partial charge in [0.1, 0.15) is 23.2 Å². The second-order valence-corrected chi connectivity index (χ2v) is 5.83. The van der Waals surface area contributed by atoms with Crippen LogP contribution in [0.1, 0.15) is 43.2 Å². The molecule has 0 spiro atoms. The Morgan fingerprint density at radius 2 is 2.14 bits per heavy atom. The van der Waals surface area contributed by atoms with E-state index in [-0.39, 0.29) is 0 Å². The number of rotatable bonds is 6. The van der Waals surface area contributed by atoms with Gasteiger partial charge in [0, 0.05) is 18.0 Å². The lowest BCUT2D eigenvalue weighted by Crippen LogP contribution is -2.26. The van der Waals surface area contributed by atoms with Gasteiger partial charge in [-0.3, -0.25) is 0 Å². The first-order valence-electron chi connectivity index (χ1n) is 7.48. The molecule has 0 amide bonds. The van der Waals surface area contributed by atoms with E-state index in [9.17, 15) is 0 Å². The third-order valence-corrected chi connectivity index (χ3v) is 4.01. The van der Waals surface area contributed by atoms with Crippen molar-refractivity contribution in [1.29, 1.82) is 0 Å². The molecule has 6 nitrogen and oxygen atoms in total. The van der Waals surface area contributed by atoms with Crippen molar-refractivity contribution in [3.63, 3.8) is 0 Å². The van der Waals surface area contributed by atoms with Gasteiger partial charge in [0.15, 0.2) is 0 Å². The van der Waals surface area contributed by atoms with Crippen LogP contribution < -0.4 is 16.2 Å². The second kappa shape index (κ2) is 5.04. The van der Waals surface area contributed by atoms with Gasteiger partial charge in [-0.25, -0.2) is 15.8 Å². The number of hydrogen-bond acceptors (Lipinski definition) is 6. The Bertz CT molecular complexity index is 619. The van der Waals surface area contributed by atoms with E-state index in [1.807, 2.05) is 18.2 Å². The maximum atomic E-state index is 5.56. The SMILES string of the molecule is NNc1cc(N(Cc2ccco2)C2CC2)nc(C2CC2)n1. The van der Waals surface area contributed by atoms with Crippen molar-refractivity contribution >= 4 is 11.6 Å². The number of furan rings is 1. The molecule has 4 rings (SSSR count). The monoisotopic (exact) mass is 285 g/mol. The lowest BCUT2D eigenvalue weighted by molar-refractivity contribution is 0.500. The fourth-order valence-electron chi connectivity index (χ4n) is 2.55. The van der Waals surface area contributed by atoms with Gasteiger partial charge in [0.25, 0.3) is 0 Å². The van der Waals surface area contributed by atoms with Crippen LogP contribution in [-0.2, 0) is 6.54 Å². The first-order chi connectivity index (χ1) is 10.3. The van der Waals surface area contributed by atoms with Gasteiger partial charge in [0.2, 0.25) is 0 Å². The van der Waals surface area contributed by atoms with Crippen LogP contribution in [0.2, 0.25) is 0 Å². The Kier molecular flexibility index (Phi) is 3.03. The lowest BCUT2D eigenvalue weighted by Gasteiger charge is -2.23. The molecule has 0 unspecified atom stereocenters. The van der Waals surface area contributed by atoms with Crippen LogP contribution in [0.25, 0.3) is 0 Å². The van der Waals surface area contributed by atoms with Gasteiger partial charge >= 0.3 is 0 Å². The molecule has 110 valence electrons. The fourth-order valence-corrected chi connectivity index (χ4v) is 2.55. The third kappa shape index (κ3) is 2.71. The summed E-state index contributed by atoms with van der Waals surface area (Å²) in [5.74, 6) is 9.55. The van der Waals surface area contributed by atoms with Crippen LogP contribution in [0.3, 0.4) is 0 Å². The Hall–Kier alpha value is -2.08. The standard InChI is InChI=1S/C15H19N5O/c16-19-13-8-14(18-15(17-13)10-3-4-10)20(11-5-6-11)9-12-2-1-7-21-12/h1-2,7-8,10-11H,3-6,9,16H2,(H,17,18,19). The second-order valence-electron chi connectivity index (χ2n) is 5.83. The Labute approximate surface area is 123 Å². The van der Waals surface area contributed by atoms with Gasteiger partial charge in [-0.1, -0.05) is 0 Å². The predicted molar refractivity (Wildman–Crippen MR) is 79.7 cm³/mol. The zero-order valence-corrected chi connectivity index (χ0v) is 11.8. The number of nitrogen functional groups attached to an aromatic ring is 1. The minimum atomic E-state index is 0.502. The summed E-state index contributed by atoms with van der Waals surface area (Å²) in [5.41, 5.74) is 2.66. The highest BCUT2D eigenvalue weighted by Gasteiger charge is 2.33. The summed E-state index contributed by atoms with van der Waals surface area (Å²) in [6.07, 6.45) is 6.47. The van der Waals surface area contributed by atoms with Crippen LogP contribution in [0.4, 0.5) is 11.6 Å². The largest absolute Gasteiger partial charge is 0.467 e. The van der Waals surface area contributed by atoms with Crippen LogP contribution >= 0.6 is 0 Å². The molecule has 6 heteroatoms. The van der Waals surface area contributed by atoms with Crippen LogP contribution in [0, 0.1) is 0 Å². The molecule has 0 saturated heterocycles. The first kappa shape index (κ1) is 12.6. The van der Waals surface area contributed by atoms with Crippen molar-refractivity contribution in [2.24, 2.45) is 5.84 Å². The zero-order valence-electron chi connectivity index (χ0n) is 11.8. The molecule has 2 aliphatic rings. The van der Waals surface area contributed by atoms with Crippen molar-refractivity contribution in [2.75, 3.05) is 10.3 Å². The maximum absolute atomic E-state index is 5.56. The number of nitrogens with two attached hydrogens (primary N) is 1. The summed E-state index contributed by atoms with van der Waals surface area (Å²) in [7, 11) is 0. The van der Waals surface area contributed by atoms with E-state index in [4.69, 9.17) is 15.2 Å². The molecule has 0 aromatic carbocycles. The summed E-state index contributed by atoms with van der Waals surface area (Å²) in [4.78, 5) is 11.5. The van der Waals surface area contributed by atoms with Crippen LogP contribution in [-0.4, -0.2) is 16.0 Å². The highest BCUT2D eigenvalue weighted by Crippen LogP contribution is 2.40. The Morgan fingerprint density at radius 1 is 1.29 bits per heavy atom. The van der Waals surface area contributed by atoms with E-state index >= 15 is 0 Å². The molecule has 2 fully saturated rings. The maximum Gasteiger partial charge on any atom is 0.145 e. The third-order valence-electron chi connectivity index (χ3n) is 4.01. The van der Waals surface area contributed by atoms with Crippen molar-refractivity contribution in [1.82, 2.24) is 9.97 Å². The molecule has 21 heavy (non-hydrogen) atoms. The zero-order chi connectivity index (χ0) is 14.2. The molecular weight excluding hydrogens is 266 g/mol. The number of hydrogen-bond donors (Lipinski definition) is 2. The molecule has 0 radical (unpaired) electrons. The van der Waals surface area contributed by atoms with Gasteiger partial charge in [0.05, 0.1) is 12.8 Å². The quantitative estimate of drug-likeness (QED) is 0.626. The van der Waals surface area contributed by atoms with Gasteiger partial charge in [-0.15, -0.1) is 0 Å². The minimum Gasteiger partial charge on any atom is -0.467 e. The van der Waals surface area contributed by atoms with Crippen molar-refractivity contribution in [2.45, 2.75) is 44.2 Å². The summed E-state index contributed by atoms with van der Waals surface area (Å²) in [6, 6.07) is 6.39. The topological polar surface area (TPSA) is 80.2 Å². The molecule has 2 aromatic rings. The number of hydrazine groups is 1. The van der Waals surface area contributed by atoms with E-state index < -0.39 is 0 Å². The van der Waals surface area contributed by atoms with E-state index in [0.29, 0.717) is 17.8 Å². The molecule has 0 aliphatic heterocycles. The van der Waals surface area contributed by atoms with Crippen LogP contribution in [0.15, 0.2) is 28.9 Å². The average molecular weight is 285 g/mol. The molecule has 3 N–H and O–H groups in total. The smallest absolute Gasteiger partial charge is 0.145 e. The highest BCUT2D eigenvalue weighted by atomic mass is 16.3. The summed E-state index contributed by atoms with van der Waals surface area (Å²) < 4.78 is 5.48. The normalized spacial score (nSPS) is 17.8. The van der Waals surface area contributed by atoms with E-state index in [0.717, 1.165) is 23.9 Å². The number of anilines is 2. The summed E-state index contributed by atoms with van der Waals surface area (Å²) in [5, 5.41) is 0. The number of nitrogens with zero attached hydrogens (tertiary/aromatic N) is 3. The molecular formula is C15H19N5O. The van der Waals surface area contributed by atoms with Crippen LogP contribution in [0.5, 0.6) is 0 Å². The molecule has 0 bridgehead atoms. The van der Waals surface area contributed by atoms with Gasteiger partial charge < -0.3 is 14.7 Å². The molecule has 0 atom stereocenters. The van der Waals surface area contributed by atoms with E-state index in [1.165, 1.54) is 25.7 Å².